The van der Waals surface area contributed by atoms with Crippen LogP contribution in [0, 0.1) is 0 Å². The van der Waals surface area contributed by atoms with E-state index in [0.29, 0.717) is 17.2 Å². The van der Waals surface area contributed by atoms with Crippen molar-refractivity contribution >= 4 is 21.6 Å². The van der Waals surface area contributed by atoms with Gasteiger partial charge in [0, 0.05) is 23.9 Å². The number of hydrogen-bond donors (Lipinski definition) is 2. The van der Waals surface area contributed by atoms with Gasteiger partial charge < -0.3 is 19.5 Å². The number of methoxy groups -OCH3 is 3. The number of amides is 1. The average molecular weight is 394 g/mol. The van der Waals surface area contributed by atoms with Gasteiger partial charge in [0.15, 0.2) is 11.5 Å². The first-order valence-corrected chi connectivity index (χ1v) is 9.55. The molecule has 2 aromatic rings. The van der Waals surface area contributed by atoms with E-state index in [1.807, 2.05) is 0 Å². The van der Waals surface area contributed by atoms with Crippen LogP contribution in [0.4, 0.5) is 5.69 Å². The molecule has 0 unspecified atom stereocenters. The lowest BCUT2D eigenvalue weighted by atomic mass is 10.2. The molecule has 2 aromatic carbocycles. The highest BCUT2D eigenvalue weighted by atomic mass is 32.2. The van der Waals surface area contributed by atoms with Crippen LogP contribution >= 0.6 is 0 Å². The maximum absolute atomic E-state index is 12.6. The van der Waals surface area contributed by atoms with Gasteiger partial charge in [0.1, 0.15) is 10.6 Å². The minimum absolute atomic E-state index is 0.105. The Bertz CT molecular complexity index is 927. The Balaban J connectivity index is 2.34. The summed E-state index contributed by atoms with van der Waals surface area (Å²) < 4.78 is 42.5. The van der Waals surface area contributed by atoms with Gasteiger partial charge >= 0.3 is 0 Å². The number of carbonyl (C=O) groups excluding carboxylic acids is 1. The van der Waals surface area contributed by atoms with Crippen LogP contribution in [-0.4, -0.2) is 42.2 Å². The number of benzene rings is 2. The van der Waals surface area contributed by atoms with Crippen molar-refractivity contribution in [2.75, 3.05) is 33.2 Å². The minimum atomic E-state index is -3.79. The third kappa shape index (κ3) is 4.69. The lowest BCUT2D eigenvalue weighted by Gasteiger charge is -2.13. The van der Waals surface area contributed by atoms with Crippen LogP contribution in [0.1, 0.15) is 17.3 Å². The summed E-state index contributed by atoms with van der Waals surface area (Å²) >= 11 is 0. The second kappa shape index (κ2) is 8.74. The molecule has 0 aliphatic heterocycles. The Hall–Kier alpha value is -2.78. The zero-order chi connectivity index (χ0) is 20.0. The maximum atomic E-state index is 12.6. The number of ether oxygens (including phenoxy) is 3. The Morgan fingerprint density at radius 2 is 1.56 bits per heavy atom. The molecule has 9 heteroatoms. The molecule has 0 atom stereocenters. The van der Waals surface area contributed by atoms with Crippen LogP contribution < -0.4 is 24.2 Å². The molecule has 0 heterocycles. The third-order valence-electron chi connectivity index (χ3n) is 3.69. The van der Waals surface area contributed by atoms with Gasteiger partial charge in [0.05, 0.1) is 21.3 Å². The van der Waals surface area contributed by atoms with Gasteiger partial charge in [0.25, 0.3) is 5.91 Å². The molecule has 146 valence electrons. The van der Waals surface area contributed by atoms with E-state index in [1.54, 1.807) is 25.1 Å². The quantitative estimate of drug-likeness (QED) is 0.712. The topological polar surface area (TPSA) is 103 Å². The largest absolute Gasteiger partial charge is 0.495 e. The van der Waals surface area contributed by atoms with Gasteiger partial charge in [-0.05, 0) is 30.3 Å². The summed E-state index contributed by atoms with van der Waals surface area (Å²) in [6.45, 7) is 1.88. The highest BCUT2D eigenvalue weighted by molar-refractivity contribution is 7.89. The first-order valence-electron chi connectivity index (χ1n) is 8.07. The van der Waals surface area contributed by atoms with Crippen LogP contribution in [0.15, 0.2) is 41.3 Å². The average Bonchev–Trinajstić information content (AvgIpc) is 2.67. The third-order valence-corrected chi connectivity index (χ3v) is 5.26. The molecule has 0 radical (unpaired) electrons. The molecule has 0 aliphatic carbocycles. The molecule has 0 saturated heterocycles. The van der Waals surface area contributed by atoms with E-state index in [1.165, 1.54) is 39.5 Å². The summed E-state index contributed by atoms with van der Waals surface area (Å²) in [6.07, 6.45) is 0. The number of rotatable bonds is 8. The standard InChI is InChI=1S/C18H22N2O6S/c1-5-19-27(22,23)17-10-12(6-8-15(17)25-3)18(21)20-13-7-9-14(24-2)16(11-13)26-4/h6-11,19H,5H2,1-4H3,(H,20,21). The zero-order valence-electron chi connectivity index (χ0n) is 15.5. The van der Waals surface area contributed by atoms with E-state index < -0.39 is 15.9 Å². The van der Waals surface area contributed by atoms with E-state index in [9.17, 15) is 13.2 Å². The Labute approximate surface area is 158 Å². The van der Waals surface area contributed by atoms with Crippen molar-refractivity contribution in [2.24, 2.45) is 0 Å². The Morgan fingerprint density at radius 1 is 0.926 bits per heavy atom. The summed E-state index contributed by atoms with van der Waals surface area (Å²) in [5.41, 5.74) is 0.645. The van der Waals surface area contributed by atoms with Gasteiger partial charge in [-0.3, -0.25) is 4.79 Å². The maximum Gasteiger partial charge on any atom is 0.255 e. The fourth-order valence-corrected chi connectivity index (χ4v) is 3.65. The molecule has 2 N–H and O–H groups in total. The first-order chi connectivity index (χ1) is 12.9. The van der Waals surface area contributed by atoms with Crippen molar-refractivity contribution in [3.8, 4) is 17.2 Å². The molecular weight excluding hydrogens is 372 g/mol. The number of nitrogens with one attached hydrogen (secondary N) is 2. The lowest BCUT2D eigenvalue weighted by Crippen LogP contribution is -2.24. The molecule has 8 nitrogen and oxygen atoms in total. The highest BCUT2D eigenvalue weighted by Gasteiger charge is 2.21. The molecule has 0 spiro atoms. The van der Waals surface area contributed by atoms with Crippen molar-refractivity contribution < 1.29 is 27.4 Å². The van der Waals surface area contributed by atoms with Crippen molar-refractivity contribution in [1.82, 2.24) is 4.72 Å². The van der Waals surface area contributed by atoms with Crippen molar-refractivity contribution in [3.63, 3.8) is 0 Å². The van der Waals surface area contributed by atoms with Gasteiger partial charge in [0.2, 0.25) is 10.0 Å². The van der Waals surface area contributed by atoms with Crippen molar-refractivity contribution in [2.45, 2.75) is 11.8 Å². The summed E-state index contributed by atoms with van der Waals surface area (Å²) in [5.74, 6) is 0.663. The fraction of sp³-hybridized carbons (Fsp3) is 0.278. The predicted molar refractivity (Wildman–Crippen MR) is 101 cm³/mol. The Kier molecular flexibility index (Phi) is 6.65. The van der Waals surface area contributed by atoms with Gasteiger partial charge in [-0.1, -0.05) is 6.92 Å². The smallest absolute Gasteiger partial charge is 0.255 e. The van der Waals surface area contributed by atoms with E-state index >= 15 is 0 Å². The zero-order valence-corrected chi connectivity index (χ0v) is 16.3. The molecule has 0 saturated carbocycles. The predicted octanol–water partition coefficient (Wildman–Crippen LogP) is 2.26. The van der Waals surface area contributed by atoms with E-state index in [2.05, 4.69) is 10.0 Å². The van der Waals surface area contributed by atoms with Crippen LogP contribution in [0.5, 0.6) is 17.2 Å². The van der Waals surface area contributed by atoms with Crippen LogP contribution in [-0.2, 0) is 10.0 Å². The lowest BCUT2D eigenvalue weighted by molar-refractivity contribution is 0.102. The van der Waals surface area contributed by atoms with E-state index in [4.69, 9.17) is 14.2 Å². The van der Waals surface area contributed by atoms with Crippen LogP contribution in [0.3, 0.4) is 0 Å². The summed E-state index contributed by atoms with van der Waals surface area (Å²) in [7, 11) is 0.576. The summed E-state index contributed by atoms with van der Waals surface area (Å²) in [5, 5.41) is 2.70. The second-order valence-corrected chi connectivity index (χ2v) is 7.13. The number of sulfonamides is 1. The minimum Gasteiger partial charge on any atom is -0.495 e. The summed E-state index contributed by atoms with van der Waals surface area (Å²) in [6, 6.07) is 9.11. The van der Waals surface area contributed by atoms with Gasteiger partial charge in [-0.15, -0.1) is 0 Å². The molecule has 2 rings (SSSR count). The molecule has 0 aliphatic rings. The van der Waals surface area contributed by atoms with Gasteiger partial charge in [-0.2, -0.15) is 0 Å². The molecule has 0 fully saturated rings. The first kappa shape index (κ1) is 20.5. The monoisotopic (exact) mass is 394 g/mol. The van der Waals surface area contributed by atoms with E-state index in [0.717, 1.165) is 0 Å². The van der Waals surface area contributed by atoms with Crippen LogP contribution in [0.25, 0.3) is 0 Å². The normalized spacial score (nSPS) is 11.0. The molecule has 0 aromatic heterocycles. The fourth-order valence-electron chi connectivity index (χ4n) is 2.41. The summed E-state index contributed by atoms with van der Waals surface area (Å²) in [4.78, 5) is 12.5. The van der Waals surface area contributed by atoms with Gasteiger partial charge in [-0.25, -0.2) is 13.1 Å². The molecule has 0 bridgehead atoms. The second-order valence-electron chi connectivity index (χ2n) is 5.39. The van der Waals surface area contributed by atoms with E-state index in [-0.39, 0.29) is 22.8 Å². The molecule has 27 heavy (non-hydrogen) atoms. The number of carbonyl (C=O) groups is 1. The molecule has 1 amide bonds. The SMILES string of the molecule is CCNS(=O)(=O)c1cc(C(=O)Nc2ccc(OC)c(OC)c2)ccc1OC. The number of anilines is 1. The highest BCUT2D eigenvalue weighted by Crippen LogP contribution is 2.30. The number of hydrogen-bond acceptors (Lipinski definition) is 6. The van der Waals surface area contributed by atoms with Crippen molar-refractivity contribution in [1.29, 1.82) is 0 Å². The molecular formula is C18H22N2O6S. The van der Waals surface area contributed by atoms with Crippen molar-refractivity contribution in [3.05, 3.63) is 42.0 Å². The van der Waals surface area contributed by atoms with Crippen LogP contribution in [0.2, 0.25) is 0 Å². The Morgan fingerprint density at radius 3 is 2.15 bits per heavy atom.